The van der Waals surface area contributed by atoms with E-state index in [-0.39, 0.29) is 12.1 Å². The molecule has 2 aromatic rings. The Kier molecular flexibility index (Phi) is 4.09. The van der Waals surface area contributed by atoms with Gasteiger partial charge in [0, 0.05) is 24.8 Å². The number of nitrogens with one attached hydrogen (secondary N) is 1. The minimum Gasteiger partial charge on any atom is -0.381 e. The summed E-state index contributed by atoms with van der Waals surface area (Å²) in [6, 6.07) is 17.2. The molecule has 2 aliphatic rings. The number of hydrogen-bond acceptors (Lipinski definition) is 4. The van der Waals surface area contributed by atoms with Crippen molar-refractivity contribution in [1.82, 2.24) is 5.01 Å². The second-order valence-electron chi connectivity index (χ2n) is 5.31. The van der Waals surface area contributed by atoms with Crippen LogP contribution in [0.1, 0.15) is 42.6 Å². The van der Waals surface area contributed by atoms with Crippen molar-refractivity contribution in [1.29, 1.82) is 0 Å². The van der Waals surface area contributed by atoms with E-state index >= 15 is 0 Å². The first-order valence-electron chi connectivity index (χ1n) is 7.89. The molecular weight excluding hydrogens is 272 g/mol. The van der Waals surface area contributed by atoms with Crippen LogP contribution in [0.4, 0.5) is 5.69 Å². The van der Waals surface area contributed by atoms with E-state index in [9.17, 15) is 0 Å². The molecule has 4 heteroatoms. The summed E-state index contributed by atoms with van der Waals surface area (Å²) in [6.45, 7) is 4.84. The average Bonchev–Trinajstić information content (AvgIpc) is 2.94. The van der Waals surface area contributed by atoms with Gasteiger partial charge in [0.05, 0.1) is 0 Å². The lowest BCUT2D eigenvalue weighted by atomic mass is 9.88. The van der Waals surface area contributed by atoms with E-state index in [4.69, 9.17) is 0 Å². The lowest BCUT2D eigenvalue weighted by Gasteiger charge is -2.29. The molecule has 0 radical (unpaired) electrons. The molecule has 1 N–H and O–H groups in total. The molecule has 0 saturated carbocycles. The monoisotopic (exact) mass is 294 g/mol. The third-order valence-electron chi connectivity index (χ3n) is 4.14. The van der Waals surface area contributed by atoms with Crippen molar-refractivity contribution in [2.45, 2.75) is 32.5 Å². The number of para-hydroxylation sites is 1. The topological polar surface area (TPSA) is 40.0 Å². The van der Waals surface area contributed by atoms with Gasteiger partial charge in [-0.05, 0) is 17.2 Å². The normalized spacial score (nSPS) is 21.3. The summed E-state index contributed by atoms with van der Waals surface area (Å²) in [6.07, 6.45) is 0. The average molecular weight is 294 g/mol. The summed E-state index contributed by atoms with van der Waals surface area (Å²) in [5, 5.41) is 14.3. The molecular formula is C18H22N4. The third-order valence-corrected chi connectivity index (χ3v) is 4.14. The Morgan fingerprint density at radius 3 is 2.50 bits per heavy atom. The van der Waals surface area contributed by atoms with Gasteiger partial charge in [-0.3, -0.25) is 5.01 Å². The highest BCUT2D eigenvalue weighted by Gasteiger charge is 2.36. The summed E-state index contributed by atoms with van der Waals surface area (Å²) in [7, 11) is 2.00. The van der Waals surface area contributed by atoms with Gasteiger partial charge in [0.2, 0.25) is 0 Å². The SMILES string of the molecule is CC.CN1N=NC2c3ccccc3NCc3ccccc3C21. The first-order valence-corrected chi connectivity index (χ1v) is 7.89. The Labute approximate surface area is 131 Å². The van der Waals surface area contributed by atoms with Crippen molar-refractivity contribution in [3.63, 3.8) is 0 Å². The summed E-state index contributed by atoms with van der Waals surface area (Å²) >= 11 is 0. The molecule has 4 rings (SSSR count). The summed E-state index contributed by atoms with van der Waals surface area (Å²) in [4.78, 5) is 0. The Morgan fingerprint density at radius 2 is 1.68 bits per heavy atom. The zero-order valence-electron chi connectivity index (χ0n) is 13.3. The Morgan fingerprint density at radius 1 is 1.00 bits per heavy atom. The van der Waals surface area contributed by atoms with Gasteiger partial charge in [-0.2, -0.15) is 5.11 Å². The molecule has 4 nitrogen and oxygen atoms in total. The van der Waals surface area contributed by atoms with Gasteiger partial charge >= 0.3 is 0 Å². The highest BCUT2D eigenvalue weighted by atomic mass is 15.6. The molecule has 0 aromatic heterocycles. The number of rotatable bonds is 0. The molecule has 0 amide bonds. The van der Waals surface area contributed by atoms with Crippen LogP contribution in [0.15, 0.2) is 58.9 Å². The van der Waals surface area contributed by atoms with Crippen LogP contribution >= 0.6 is 0 Å². The minimum absolute atomic E-state index is 0.0603. The second kappa shape index (κ2) is 6.18. The van der Waals surface area contributed by atoms with Crippen LogP contribution in [0.3, 0.4) is 0 Å². The molecule has 2 heterocycles. The van der Waals surface area contributed by atoms with E-state index in [1.165, 1.54) is 16.7 Å². The minimum atomic E-state index is 0.0603. The van der Waals surface area contributed by atoms with E-state index in [1.807, 2.05) is 25.9 Å². The summed E-state index contributed by atoms with van der Waals surface area (Å²) in [5.41, 5.74) is 5.01. The predicted octanol–water partition coefficient (Wildman–Crippen LogP) is 4.73. The van der Waals surface area contributed by atoms with Crippen LogP contribution in [-0.2, 0) is 6.54 Å². The van der Waals surface area contributed by atoms with Gasteiger partial charge in [-0.1, -0.05) is 61.5 Å². The van der Waals surface area contributed by atoms with Crippen LogP contribution in [0.25, 0.3) is 0 Å². The van der Waals surface area contributed by atoms with Gasteiger partial charge in [0.25, 0.3) is 0 Å². The maximum Gasteiger partial charge on any atom is 0.126 e. The highest BCUT2D eigenvalue weighted by molar-refractivity contribution is 5.56. The van der Waals surface area contributed by atoms with Gasteiger partial charge in [0.15, 0.2) is 0 Å². The van der Waals surface area contributed by atoms with Gasteiger partial charge in [0.1, 0.15) is 12.1 Å². The summed E-state index contributed by atoms with van der Waals surface area (Å²) < 4.78 is 0. The molecule has 2 unspecified atom stereocenters. The molecule has 2 aliphatic heterocycles. The van der Waals surface area contributed by atoms with E-state index in [1.54, 1.807) is 0 Å². The Bertz CT molecular complexity index is 680. The van der Waals surface area contributed by atoms with E-state index in [0.717, 1.165) is 12.2 Å². The van der Waals surface area contributed by atoms with Gasteiger partial charge < -0.3 is 5.32 Å². The predicted molar refractivity (Wildman–Crippen MR) is 89.7 cm³/mol. The van der Waals surface area contributed by atoms with E-state index < -0.39 is 0 Å². The molecule has 2 atom stereocenters. The van der Waals surface area contributed by atoms with Crippen molar-refractivity contribution in [2.75, 3.05) is 12.4 Å². The van der Waals surface area contributed by atoms with Crippen LogP contribution in [0, 0.1) is 0 Å². The highest BCUT2D eigenvalue weighted by Crippen LogP contribution is 2.45. The number of benzene rings is 2. The largest absolute Gasteiger partial charge is 0.381 e. The fourth-order valence-electron chi connectivity index (χ4n) is 3.15. The zero-order chi connectivity index (χ0) is 15.5. The van der Waals surface area contributed by atoms with Crippen molar-refractivity contribution in [2.24, 2.45) is 10.3 Å². The molecule has 0 fully saturated rings. The molecule has 0 aliphatic carbocycles. The maximum atomic E-state index is 4.49. The van der Waals surface area contributed by atoms with Crippen LogP contribution < -0.4 is 5.32 Å². The van der Waals surface area contributed by atoms with Crippen molar-refractivity contribution < 1.29 is 0 Å². The van der Waals surface area contributed by atoms with E-state index in [2.05, 4.69) is 64.2 Å². The van der Waals surface area contributed by atoms with Crippen LogP contribution in [-0.4, -0.2) is 12.1 Å². The first-order chi connectivity index (χ1) is 10.8. The first kappa shape index (κ1) is 14.6. The molecule has 22 heavy (non-hydrogen) atoms. The second-order valence-corrected chi connectivity index (χ2v) is 5.31. The maximum absolute atomic E-state index is 4.49. The number of nitrogens with zero attached hydrogens (tertiary/aromatic N) is 3. The van der Waals surface area contributed by atoms with E-state index in [0.29, 0.717) is 0 Å². The number of hydrogen-bond donors (Lipinski definition) is 1. The number of anilines is 1. The van der Waals surface area contributed by atoms with Gasteiger partial charge in [-0.25, -0.2) is 0 Å². The van der Waals surface area contributed by atoms with Crippen molar-refractivity contribution in [3.8, 4) is 0 Å². The van der Waals surface area contributed by atoms with Crippen LogP contribution in [0.2, 0.25) is 0 Å². The molecule has 0 bridgehead atoms. The summed E-state index contributed by atoms with van der Waals surface area (Å²) in [5.74, 6) is 0. The Balaban J connectivity index is 0.000000693. The molecule has 2 aromatic carbocycles. The fourth-order valence-corrected chi connectivity index (χ4v) is 3.15. The standard InChI is InChI=1S/C16H16N4.C2H6/c1-20-16-12-7-3-2-6-11(12)10-17-14-9-5-4-8-13(14)15(16)18-19-20;1-2/h2-9,15-17H,10H2,1H3;1-2H3. The van der Waals surface area contributed by atoms with Gasteiger partial charge in [-0.15, -0.1) is 0 Å². The molecule has 0 saturated heterocycles. The molecule has 0 spiro atoms. The molecule has 114 valence electrons. The lowest BCUT2D eigenvalue weighted by Crippen LogP contribution is -2.23. The Hall–Kier alpha value is -2.36. The number of likely N-dealkylation sites (N-methyl/N-ethyl adjacent to an activating group) is 1. The lowest BCUT2D eigenvalue weighted by molar-refractivity contribution is 0.273. The third kappa shape index (κ3) is 2.34. The van der Waals surface area contributed by atoms with Crippen molar-refractivity contribution in [3.05, 3.63) is 65.2 Å². The van der Waals surface area contributed by atoms with Crippen LogP contribution in [0.5, 0.6) is 0 Å². The fraction of sp³-hybridized carbons (Fsp3) is 0.333. The number of fused-ring (bicyclic) bond motifs is 5. The smallest absolute Gasteiger partial charge is 0.126 e. The van der Waals surface area contributed by atoms with Crippen molar-refractivity contribution >= 4 is 5.69 Å². The quantitative estimate of drug-likeness (QED) is 0.762. The zero-order valence-corrected chi connectivity index (χ0v) is 13.3.